The Morgan fingerprint density at radius 2 is 0.661 bits per heavy atom. The molecule has 1 atom stereocenters. The molecule has 0 N–H and O–H groups in total. The first-order valence-corrected chi connectivity index (χ1v) is 25.2. The van der Waals surface area contributed by atoms with Crippen molar-refractivity contribution in [1.29, 1.82) is 0 Å². The quantitative estimate of drug-likeness (QED) is 0.0263. The zero-order valence-electron chi connectivity index (χ0n) is 39.0. The van der Waals surface area contributed by atoms with E-state index in [9.17, 15) is 14.4 Å². The molecule has 6 nitrogen and oxygen atoms in total. The maximum Gasteiger partial charge on any atom is 0.306 e. The number of ether oxygens (including phenoxy) is 3. The molecule has 6 heteroatoms. The molecule has 0 bridgehead atoms. The highest BCUT2D eigenvalue weighted by Crippen LogP contribution is 2.16. The van der Waals surface area contributed by atoms with Crippen molar-refractivity contribution in [3.8, 4) is 0 Å². The highest BCUT2D eigenvalue weighted by atomic mass is 16.6. The third-order valence-corrected chi connectivity index (χ3v) is 10.9. The van der Waals surface area contributed by atoms with Crippen molar-refractivity contribution in [2.75, 3.05) is 13.2 Å². The predicted octanol–water partition coefficient (Wildman–Crippen LogP) is 16.3. The second-order valence-electron chi connectivity index (χ2n) is 16.8. The summed E-state index contributed by atoms with van der Waals surface area (Å²) in [5, 5.41) is 0. The van der Waals surface area contributed by atoms with Crippen LogP contribution < -0.4 is 0 Å². The van der Waals surface area contributed by atoms with Crippen molar-refractivity contribution in [2.24, 2.45) is 0 Å². The lowest BCUT2D eigenvalue weighted by atomic mass is 10.0. The zero-order chi connectivity index (χ0) is 43.0. The summed E-state index contributed by atoms with van der Waals surface area (Å²) in [4.78, 5) is 37.9. The minimum Gasteiger partial charge on any atom is -0.462 e. The van der Waals surface area contributed by atoms with E-state index < -0.39 is 6.10 Å². The number of rotatable bonds is 45. The molecule has 0 aliphatic carbocycles. The maximum atomic E-state index is 12.7. The first kappa shape index (κ1) is 56.4. The van der Waals surface area contributed by atoms with Gasteiger partial charge in [0.15, 0.2) is 6.10 Å². The van der Waals surface area contributed by atoms with Gasteiger partial charge in [0.25, 0.3) is 0 Å². The van der Waals surface area contributed by atoms with Crippen LogP contribution in [0.5, 0.6) is 0 Å². The van der Waals surface area contributed by atoms with E-state index >= 15 is 0 Å². The van der Waals surface area contributed by atoms with E-state index in [0.29, 0.717) is 12.8 Å². The summed E-state index contributed by atoms with van der Waals surface area (Å²) in [6.07, 6.45) is 56.7. The zero-order valence-corrected chi connectivity index (χ0v) is 39.0. The van der Waals surface area contributed by atoms with Crippen molar-refractivity contribution in [1.82, 2.24) is 0 Å². The van der Waals surface area contributed by atoms with Crippen molar-refractivity contribution in [3.05, 3.63) is 48.6 Å². The summed E-state index contributed by atoms with van der Waals surface area (Å²) in [6, 6.07) is 0. The SMILES string of the molecule is CC\C=C/C=C\C=C/C=C\CCCCCC(=O)OC(COC(=O)CCCCCCCCCCCCCC)COC(=O)CCCCCCCCCCCCCCCCCC. The fraction of sp³-hybridized carbons (Fsp3) is 0.792. The number of hydrogen-bond acceptors (Lipinski definition) is 6. The van der Waals surface area contributed by atoms with Crippen molar-refractivity contribution < 1.29 is 28.6 Å². The number of carbonyl (C=O) groups excluding carboxylic acids is 3. The Balaban J connectivity index is 4.38. The van der Waals surface area contributed by atoms with Crippen LogP contribution >= 0.6 is 0 Å². The number of carbonyl (C=O) groups is 3. The molecule has 0 saturated carbocycles. The van der Waals surface area contributed by atoms with Crippen LogP contribution in [0.2, 0.25) is 0 Å². The Hall–Kier alpha value is -2.63. The van der Waals surface area contributed by atoms with Crippen molar-refractivity contribution in [3.63, 3.8) is 0 Å². The summed E-state index contributed by atoms with van der Waals surface area (Å²) in [5.41, 5.74) is 0. The normalized spacial score (nSPS) is 12.4. The van der Waals surface area contributed by atoms with E-state index in [1.54, 1.807) is 0 Å². The fourth-order valence-corrected chi connectivity index (χ4v) is 7.16. The Morgan fingerprint density at radius 3 is 1.03 bits per heavy atom. The Morgan fingerprint density at radius 1 is 0.356 bits per heavy atom. The second kappa shape index (κ2) is 48.0. The molecule has 342 valence electrons. The average molecular weight is 827 g/mol. The molecule has 0 radical (unpaired) electrons. The smallest absolute Gasteiger partial charge is 0.306 e. The van der Waals surface area contributed by atoms with Crippen molar-refractivity contribution in [2.45, 2.75) is 258 Å². The van der Waals surface area contributed by atoms with Crippen LogP contribution in [-0.4, -0.2) is 37.2 Å². The predicted molar refractivity (Wildman–Crippen MR) is 252 cm³/mol. The van der Waals surface area contributed by atoms with Gasteiger partial charge in [-0.2, -0.15) is 0 Å². The lowest BCUT2D eigenvalue weighted by molar-refractivity contribution is -0.167. The van der Waals surface area contributed by atoms with Crippen LogP contribution in [0.15, 0.2) is 48.6 Å². The molecular weight excluding hydrogens is 733 g/mol. The summed E-state index contributed by atoms with van der Waals surface area (Å²) < 4.78 is 16.7. The van der Waals surface area contributed by atoms with E-state index in [0.717, 1.165) is 70.6 Å². The van der Waals surface area contributed by atoms with E-state index in [1.807, 2.05) is 36.5 Å². The summed E-state index contributed by atoms with van der Waals surface area (Å²) in [7, 11) is 0. The Labute approximate surface area is 365 Å². The molecule has 0 fully saturated rings. The first-order chi connectivity index (χ1) is 29.0. The van der Waals surface area contributed by atoms with E-state index in [1.165, 1.54) is 141 Å². The summed E-state index contributed by atoms with van der Waals surface area (Å²) in [6.45, 7) is 6.48. The van der Waals surface area contributed by atoms with E-state index in [2.05, 4.69) is 32.9 Å². The van der Waals surface area contributed by atoms with Crippen LogP contribution in [0.25, 0.3) is 0 Å². The molecule has 0 aromatic rings. The summed E-state index contributed by atoms with van der Waals surface area (Å²) >= 11 is 0. The fourth-order valence-electron chi connectivity index (χ4n) is 7.16. The molecule has 0 aliphatic rings. The highest BCUT2D eigenvalue weighted by molar-refractivity contribution is 5.71. The second-order valence-corrected chi connectivity index (χ2v) is 16.8. The van der Waals surface area contributed by atoms with Gasteiger partial charge >= 0.3 is 17.9 Å². The topological polar surface area (TPSA) is 78.9 Å². The highest BCUT2D eigenvalue weighted by Gasteiger charge is 2.19. The lowest BCUT2D eigenvalue weighted by Gasteiger charge is -2.18. The molecule has 1 unspecified atom stereocenters. The largest absolute Gasteiger partial charge is 0.462 e. The number of unbranched alkanes of at least 4 members (excludes halogenated alkanes) is 29. The Kier molecular flexibility index (Phi) is 45.9. The molecule has 0 aliphatic heterocycles. The standard InChI is InChI=1S/C53H94O6/c1-4-7-10-13-16-19-22-25-26-27-29-31-34-37-40-43-46-52(55)58-49-50(48-57-51(54)45-42-39-36-33-30-24-21-18-15-12-9-6-3)59-53(56)47-44-41-38-35-32-28-23-20-17-14-11-8-5-2/h8,11,14,17,20,23,28,32,50H,4-7,9-10,12-13,15-16,18-19,21-22,24-27,29-31,33-49H2,1-3H3/b11-8-,17-14-,23-20-,32-28-. The molecule has 0 aromatic heterocycles. The number of esters is 3. The minimum absolute atomic E-state index is 0.0856. The molecule has 0 spiro atoms. The molecule has 0 heterocycles. The van der Waals surface area contributed by atoms with Gasteiger partial charge < -0.3 is 14.2 Å². The molecule has 0 aromatic carbocycles. The van der Waals surface area contributed by atoms with Gasteiger partial charge in [-0.15, -0.1) is 0 Å². The molecule has 0 rings (SSSR count). The van der Waals surface area contributed by atoms with Gasteiger partial charge in [0.05, 0.1) is 0 Å². The van der Waals surface area contributed by atoms with Gasteiger partial charge in [0.2, 0.25) is 0 Å². The third kappa shape index (κ3) is 46.3. The number of allylic oxidation sites excluding steroid dienone is 8. The molecule has 0 saturated heterocycles. The molecule has 0 amide bonds. The lowest BCUT2D eigenvalue weighted by Crippen LogP contribution is -2.30. The van der Waals surface area contributed by atoms with Gasteiger partial charge in [-0.25, -0.2) is 0 Å². The van der Waals surface area contributed by atoms with Crippen LogP contribution in [0.1, 0.15) is 252 Å². The molecular formula is C53H94O6. The Bertz CT molecular complexity index is 1040. The first-order valence-electron chi connectivity index (χ1n) is 25.2. The van der Waals surface area contributed by atoms with Gasteiger partial charge in [-0.3, -0.25) is 14.4 Å². The van der Waals surface area contributed by atoms with Crippen molar-refractivity contribution >= 4 is 17.9 Å². The van der Waals surface area contributed by atoms with Gasteiger partial charge in [-0.1, -0.05) is 243 Å². The van der Waals surface area contributed by atoms with Crippen LogP contribution in [0, 0.1) is 0 Å². The van der Waals surface area contributed by atoms with Gasteiger partial charge in [-0.05, 0) is 38.5 Å². The van der Waals surface area contributed by atoms with Crippen LogP contribution in [-0.2, 0) is 28.6 Å². The maximum absolute atomic E-state index is 12.7. The van der Waals surface area contributed by atoms with Crippen LogP contribution in [0.3, 0.4) is 0 Å². The van der Waals surface area contributed by atoms with E-state index in [-0.39, 0.29) is 37.5 Å². The molecule has 59 heavy (non-hydrogen) atoms. The monoisotopic (exact) mass is 827 g/mol. The van der Waals surface area contributed by atoms with Crippen LogP contribution in [0.4, 0.5) is 0 Å². The van der Waals surface area contributed by atoms with Gasteiger partial charge in [0.1, 0.15) is 13.2 Å². The summed E-state index contributed by atoms with van der Waals surface area (Å²) in [5.74, 6) is -0.917. The third-order valence-electron chi connectivity index (χ3n) is 10.9. The minimum atomic E-state index is -0.788. The van der Waals surface area contributed by atoms with Gasteiger partial charge in [0, 0.05) is 19.3 Å². The average Bonchev–Trinajstić information content (AvgIpc) is 3.23. The van der Waals surface area contributed by atoms with E-state index in [4.69, 9.17) is 14.2 Å². The number of hydrogen-bond donors (Lipinski definition) is 0.